The standard InChI is InChI=1S/C11H16FIN2O/c1-6(5-16)7(2)15-11-3-8(12)9(13)4-10(11)14/h3-4,6-7,15-16H,5,14H2,1-2H3. The zero-order valence-corrected chi connectivity index (χ0v) is 11.5. The Morgan fingerprint density at radius 3 is 2.69 bits per heavy atom. The van der Waals surface area contributed by atoms with E-state index in [4.69, 9.17) is 10.8 Å². The minimum absolute atomic E-state index is 0.0340. The number of nitrogens with one attached hydrogen (secondary N) is 1. The van der Waals surface area contributed by atoms with Crippen LogP contribution in [0.15, 0.2) is 12.1 Å². The molecule has 1 rings (SSSR count). The van der Waals surface area contributed by atoms with Gasteiger partial charge in [-0.1, -0.05) is 6.92 Å². The summed E-state index contributed by atoms with van der Waals surface area (Å²) in [6.45, 7) is 3.92. The van der Waals surface area contributed by atoms with Crippen LogP contribution in [0.1, 0.15) is 13.8 Å². The first-order valence-electron chi connectivity index (χ1n) is 5.07. The predicted octanol–water partition coefficient (Wildman–Crippen LogP) is 2.44. The van der Waals surface area contributed by atoms with Crippen LogP contribution >= 0.6 is 22.6 Å². The van der Waals surface area contributed by atoms with Crippen molar-refractivity contribution in [2.24, 2.45) is 5.92 Å². The lowest BCUT2D eigenvalue weighted by atomic mass is 10.0. The SMILES string of the molecule is CC(CO)C(C)Nc1cc(F)c(I)cc1N. The highest BCUT2D eigenvalue weighted by Gasteiger charge is 2.13. The van der Waals surface area contributed by atoms with Crippen LogP contribution in [-0.4, -0.2) is 17.8 Å². The molecule has 0 bridgehead atoms. The van der Waals surface area contributed by atoms with Crippen molar-refractivity contribution >= 4 is 34.0 Å². The van der Waals surface area contributed by atoms with Crippen LogP contribution in [-0.2, 0) is 0 Å². The minimum Gasteiger partial charge on any atom is -0.397 e. The average molecular weight is 338 g/mol. The second kappa shape index (κ2) is 5.67. The van der Waals surface area contributed by atoms with Gasteiger partial charge in [-0.2, -0.15) is 0 Å². The summed E-state index contributed by atoms with van der Waals surface area (Å²) in [4.78, 5) is 0. The molecule has 0 aliphatic heterocycles. The number of hydrogen-bond acceptors (Lipinski definition) is 3. The molecule has 5 heteroatoms. The van der Waals surface area contributed by atoms with Crippen molar-refractivity contribution < 1.29 is 9.50 Å². The summed E-state index contributed by atoms with van der Waals surface area (Å²) in [6.07, 6.45) is 0. The average Bonchev–Trinajstić information content (AvgIpc) is 2.24. The smallest absolute Gasteiger partial charge is 0.138 e. The molecule has 1 aromatic carbocycles. The number of aliphatic hydroxyl groups is 1. The molecule has 4 N–H and O–H groups in total. The molecule has 2 unspecified atom stereocenters. The maximum absolute atomic E-state index is 13.3. The highest BCUT2D eigenvalue weighted by molar-refractivity contribution is 14.1. The van der Waals surface area contributed by atoms with E-state index in [1.54, 1.807) is 6.07 Å². The minimum atomic E-state index is -0.291. The zero-order valence-electron chi connectivity index (χ0n) is 9.30. The van der Waals surface area contributed by atoms with Gasteiger partial charge in [-0.15, -0.1) is 0 Å². The molecule has 0 spiro atoms. The Balaban J connectivity index is 2.85. The van der Waals surface area contributed by atoms with E-state index < -0.39 is 0 Å². The van der Waals surface area contributed by atoms with Gasteiger partial charge < -0.3 is 16.2 Å². The van der Waals surface area contributed by atoms with Gasteiger partial charge in [-0.3, -0.25) is 0 Å². The van der Waals surface area contributed by atoms with Crippen LogP contribution in [0.2, 0.25) is 0 Å². The van der Waals surface area contributed by atoms with Crippen LogP contribution in [0.5, 0.6) is 0 Å². The van der Waals surface area contributed by atoms with E-state index in [-0.39, 0.29) is 24.4 Å². The van der Waals surface area contributed by atoms with Gasteiger partial charge in [-0.05, 0) is 41.5 Å². The van der Waals surface area contributed by atoms with E-state index in [0.717, 1.165) is 0 Å². The van der Waals surface area contributed by atoms with Crippen LogP contribution in [0, 0.1) is 15.3 Å². The van der Waals surface area contributed by atoms with Crippen molar-refractivity contribution in [2.45, 2.75) is 19.9 Å². The van der Waals surface area contributed by atoms with E-state index in [1.807, 2.05) is 36.4 Å². The fourth-order valence-corrected chi connectivity index (χ4v) is 1.72. The Bertz CT molecular complexity index is 373. The number of nitrogens with two attached hydrogens (primary N) is 1. The van der Waals surface area contributed by atoms with Gasteiger partial charge in [0.25, 0.3) is 0 Å². The number of rotatable bonds is 4. The molecule has 0 aliphatic rings. The molecule has 0 radical (unpaired) electrons. The molecule has 90 valence electrons. The normalized spacial score (nSPS) is 14.6. The molecule has 0 saturated heterocycles. The third-order valence-electron chi connectivity index (χ3n) is 2.62. The first-order valence-corrected chi connectivity index (χ1v) is 6.15. The lowest BCUT2D eigenvalue weighted by Gasteiger charge is -2.21. The second-order valence-corrected chi connectivity index (χ2v) is 5.11. The van der Waals surface area contributed by atoms with E-state index >= 15 is 0 Å². The number of benzene rings is 1. The molecule has 1 aromatic rings. The highest BCUT2D eigenvalue weighted by Crippen LogP contribution is 2.25. The Hall–Kier alpha value is -0.560. The summed E-state index contributed by atoms with van der Waals surface area (Å²) in [7, 11) is 0. The summed E-state index contributed by atoms with van der Waals surface area (Å²) in [5.74, 6) is -0.206. The van der Waals surface area contributed by atoms with Gasteiger partial charge in [0.15, 0.2) is 0 Å². The number of halogens is 2. The first-order chi connectivity index (χ1) is 7.45. The number of aliphatic hydroxyl groups excluding tert-OH is 1. The van der Waals surface area contributed by atoms with E-state index in [9.17, 15) is 4.39 Å². The summed E-state index contributed by atoms with van der Waals surface area (Å²) in [6, 6.07) is 3.01. The molecular formula is C11H16FIN2O. The summed E-state index contributed by atoms with van der Waals surface area (Å²) in [5, 5.41) is 12.1. The summed E-state index contributed by atoms with van der Waals surface area (Å²) in [5.41, 5.74) is 6.87. The maximum Gasteiger partial charge on any atom is 0.138 e. The van der Waals surface area contributed by atoms with Crippen molar-refractivity contribution in [3.8, 4) is 0 Å². The Morgan fingerprint density at radius 1 is 1.50 bits per heavy atom. The highest BCUT2D eigenvalue weighted by atomic mass is 127. The Morgan fingerprint density at radius 2 is 2.12 bits per heavy atom. The maximum atomic E-state index is 13.3. The van der Waals surface area contributed by atoms with E-state index in [0.29, 0.717) is 14.9 Å². The lowest BCUT2D eigenvalue weighted by Crippen LogP contribution is -2.26. The van der Waals surface area contributed by atoms with Gasteiger partial charge in [0.05, 0.1) is 14.9 Å². The molecule has 0 heterocycles. The molecule has 0 amide bonds. The molecule has 2 atom stereocenters. The van der Waals surface area contributed by atoms with Crippen molar-refractivity contribution in [2.75, 3.05) is 17.7 Å². The molecule has 0 aliphatic carbocycles. The zero-order chi connectivity index (χ0) is 12.3. The largest absolute Gasteiger partial charge is 0.397 e. The molecular weight excluding hydrogens is 322 g/mol. The fraction of sp³-hybridized carbons (Fsp3) is 0.455. The van der Waals surface area contributed by atoms with E-state index in [2.05, 4.69) is 5.32 Å². The molecule has 0 aromatic heterocycles. The topological polar surface area (TPSA) is 58.3 Å². The number of nitrogen functional groups attached to an aromatic ring is 1. The fourth-order valence-electron chi connectivity index (χ4n) is 1.23. The summed E-state index contributed by atoms with van der Waals surface area (Å²) >= 11 is 1.90. The van der Waals surface area contributed by atoms with Gasteiger partial charge >= 0.3 is 0 Å². The third-order valence-corrected chi connectivity index (χ3v) is 3.44. The predicted molar refractivity (Wildman–Crippen MR) is 72.9 cm³/mol. The molecule has 0 fully saturated rings. The number of anilines is 2. The van der Waals surface area contributed by atoms with Crippen LogP contribution in [0.3, 0.4) is 0 Å². The van der Waals surface area contributed by atoms with Crippen molar-refractivity contribution in [1.82, 2.24) is 0 Å². The van der Waals surface area contributed by atoms with Crippen molar-refractivity contribution in [3.63, 3.8) is 0 Å². The van der Waals surface area contributed by atoms with Gasteiger partial charge in [-0.25, -0.2) is 4.39 Å². The van der Waals surface area contributed by atoms with Crippen molar-refractivity contribution in [3.05, 3.63) is 21.5 Å². The van der Waals surface area contributed by atoms with Crippen LogP contribution in [0.25, 0.3) is 0 Å². The first kappa shape index (κ1) is 13.5. The Kier molecular flexibility index (Phi) is 4.79. The quantitative estimate of drug-likeness (QED) is 0.584. The third kappa shape index (κ3) is 3.21. The van der Waals surface area contributed by atoms with Gasteiger partial charge in [0.2, 0.25) is 0 Å². The lowest BCUT2D eigenvalue weighted by molar-refractivity contribution is 0.226. The Labute approximate surface area is 108 Å². The van der Waals surface area contributed by atoms with E-state index in [1.165, 1.54) is 6.07 Å². The van der Waals surface area contributed by atoms with Crippen LogP contribution < -0.4 is 11.1 Å². The summed E-state index contributed by atoms with van der Waals surface area (Å²) < 4.78 is 13.8. The van der Waals surface area contributed by atoms with Crippen molar-refractivity contribution in [1.29, 1.82) is 0 Å². The monoisotopic (exact) mass is 338 g/mol. The van der Waals surface area contributed by atoms with Gasteiger partial charge in [0.1, 0.15) is 5.82 Å². The molecule has 0 saturated carbocycles. The second-order valence-electron chi connectivity index (χ2n) is 3.95. The molecule has 3 nitrogen and oxygen atoms in total. The number of hydrogen-bond donors (Lipinski definition) is 3. The van der Waals surface area contributed by atoms with Crippen LogP contribution in [0.4, 0.5) is 15.8 Å². The van der Waals surface area contributed by atoms with Gasteiger partial charge in [0, 0.05) is 18.7 Å². The molecule has 16 heavy (non-hydrogen) atoms.